The quantitative estimate of drug-likeness (QED) is 0.413. The number of rotatable bonds is 5. The van der Waals surface area contributed by atoms with Crippen molar-refractivity contribution in [3.63, 3.8) is 0 Å². The van der Waals surface area contributed by atoms with Gasteiger partial charge in [0.15, 0.2) is 5.69 Å². The Kier molecular flexibility index (Phi) is 4.28. The Hall–Kier alpha value is -1.91. The van der Waals surface area contributed by atoms with Gasteiger partial charge in [-0.15, -0.1) is 6.58 Å². The summed E-state index contributed by atoms with van der Waals surface area (Å²) in [5.74, 6) is -0.135. The monoisotopic (exact) mass is 208 g/mol. The van der Waals surface area contributed by atoms with Gasteiger partial charge in [0.1, 0.15) is 0 Å². The molecule has 80 valence electrons. The molecule has 0 spiro atoms. The van der Waals surface area contributed by atoms with Crippen LogP contribution in [0, 0.1) is 0 Å². The minimum absolute atomic E-state index is 0.161. The molecule has 0 unspecified atom stereocenters. The van der Waals surface area contributed by atoms with Gasteiger partial charge in [0.25, 0.3) is 0 Å². The van der Waals surface area contributed by atoms with Crippen LogP contribution in [0.2, 0.25) is 0 Å². The molecule has 1 aromatic heterocycles. The van der Waals surface area contributed by atoms with Gasteiger partial charge in [0, 0.05) is 0 Å². The summed E-state index contributed by atoms with van der Waals surface area (Å²) in [6.45, 7) is 4.06. The highest BCUT2D eigenvalue weighted by Crippen LogP contribution is 2.05. The fourth-order valence-electron chi connectivity index (χ4n) is 0.848. The number of carbonyl (C=O) groups excluding carboxylic acids is 1. The molecule has 0 aromatic carbocycles. The van der Waals surface area contributed by atoms with E-state index in [1.54, 1.807) is 6.08 Å². The zero-order valence-electron chi connectivity index (χ0n) is 8.47. The van der Waals surface area contributed by atoms with E-state index in [0.29, 0.717) is 12.5 Å². The fraction of sp³-hybridized carbons (Fsp3) is 0.300. The third kappa shape index (κ3) is 3.38. The summed E-state index contributed by atoms with van der Waals surface area (Å²) in [6, 6.07) is 0. The maximum atomic E-state index is 11.0. The Morgan fingerprint density at radius 1 is 1.53 bits per heavy atom. The van der Waals surface area contributed by atoms with Crippen molar-refractivity contribution in [2.45, 2.75) is 6.42 Å². The highest BCUT2D eigenvalue weighted by Gasteiger charge is 2.07. The van der Waals surface area contributed by atoms with E-state index >= 15 is 0 Å². The van der Waals surface area contributed by atoms with Crippen LogP contribution in [-0.2, 0) is 4.74 Å². The summed E-state index contributed by atoms with van der Waals surface area (Å²) in [4.78, 5) is 18.7. The Balaban J connectivity index is 2.56. The Morgan fingerprint density at radius 3 is 2.87 bits per heavy atom. The van der Waals surface area contributed by atoms with Gasteiger partial charge < -0.3 is 9.47 Å². The minimum Gasteiger partial charge on any atom is -0.476 e. The number of hydrogen-bond acceptors (Lipinski definition) is 5. The zero-order valence-corrected chi connectivity index (χ0v) is 8.47. The Labute approximate surface area is 87.8 Å². The van der Waals surface area contributed by atoms with Crippen molar-refractivity contribution < 1.29 is 14.3 Å². The van der Waals surface area contributed by atoms with Crippen LogP contribution in [0.15, 0.2) is 25.0 Å². The molecule has 0 saturated carbocycles. The van der Waals surface area contributed by atoms with Crippen molar-refractivity contribution >= 4 is 5.97 Å². The molecule has 0 aliphatic heterocycles. The standard InChI is InChI=1S/C10H12N2O3/c1-3-4-5-15-9-7-11-8(6-12-9)10(13)14-2/h3,6-7H,1,4-5H2,2H3. The molecule has 1 aromatic rings. The van der Waals surface area contributed by atoms with E-state index in [9.17, 15) is 4.79 Å². The molecule has 5 nitrogen and oxygen atoms in total. The summed E-state index contributed by atoms with van der Waals surface area (Å²) in [5, 5.41) is 0. The predicted molar refractivity (Wildman–Crippen MR) is 53.7 cm³/mol. The molecule has 0 aliphatic carbocycles. The molecule has 0 fully saturated rings. The summed E-state index contributed by atoms with van der Waals surface area (Å²) in [7, 11) is 1.29. The van der Waals surface area contributed by atoms with Gasteiger partial charge >= 0.3 is 5.97 Å². The SMILES string of the molecule is C=CCCOc1cnc(C(=O)OC)cn1. The maximum absolute atomic E-state index is 11.0. The number of methoxy groups -OCH3 is 1. The van der Waals surface area contributed by atoms with Crippen molar-refractivity contribution in [3.05, 3.63) is 30.7 Å². The van der Waals surface area contributed by atoms with Crippen molar-refractivity contribution in [1.82, 2.24) is 9.97 Å². The van der Waals surface area contributed by atoms with Crippen LogP contribution < -0.4 is 4.74 Å². The largest absolute Gasteiger partial charge is 0.476 e. The number of esters is 1. The van der Waals surface area contributed by atoms with Crippen LogP contribution in [0.1, 0.15) is 16.9 Å². The number of ether oxygens (including phenoxy) is 2. The topological polar surface area (TPSA) is 61.3 Å². The van der Waals surface area contributed by atoms with Gasteiger partial charge in [-0.3, -0.25) is 0 Å². The lowest BCUT2D eigenvalue weighted by atomic mass is 10.4. The van der Waals surface area contributed by atoms with E-state index < -0.39 is 5.97 Å². The van der Waals surface area contributed by atoms with Crippen LogP contribution >= 0.6 is 0 Å². The number of carbonyl (C=O) groups is 1. The first-order chi connectivity index (χ1) is 7.27. The van der Waals surface area contributed by atoms with Gasteiger partial charge in [-0.05, 0) is 6.42 Å². The van der Waals surface area contributed by atoms with Crippen molar-refractivity contribution in [2.24, 2.45) is 0 Å². The van der Waals surface area contributed by atoms with Gasteiger partial charge in [0.2, 0.25) is 5.88 Å². The molecule has 15 heavy (non-hydrogen) atoms. The zero-order chi connectivity index (χ0) is 11.1. The second-order valence-electron chi connectivity index (χ2n) is 2.66. The van der Waals surface area contributed by atoms with Crippen LogP contribution in [0.25, 0.3) is 0 Å². The van der Waals surface area contributed by atoms with E-state index in [1.807, 2.05) is 0 Å². The van der Waals surface area contributed by atoms with Gasteiger partial charge in [-0.25, -0.2) is 14.8 Å². The van der Waals surface area contributed by atoms with E-state index in [1.165, 1.54) is 19.5 Å². The fourth-order valence-corrected chi connectivity index (χ4v) is 0.848. The number of aromatic nitrogens is 2. The number of hydrogen-bond donors (Lipinski definition) is 0. The Bertz CT molecular complexity index is 335. The second kappa shape index (κ2) is 5.74. The molecule has 1 rings (SSSR count). The summed E-state index contributed by atoms with van der Waals surface area (Å²) < 4.78 is 9.70. The van der Waals surface area contributed by atoms with Crippen LogP contribution in [0.5, 0.6) is 5.88 Å². The van der Waals surface area contributed by atoms with Gasteiger partial charge in [-0.2, -0.15) is 0 Å². The van der Waals surface area contributed by atoms with E-state index in [2.05, 4.69) is 21.3 Å². The molecule has 0 N–H and O–H groups in total. The molecule has 0 aliphatic rings. The summed E-state index contributed by atoms with van der Waals surface area (Å²) in [5.41, 5.74) is 0.161. The molecular weight excluding hydrogens is 196 g/mol. The summed E-state index contributed by atoms with van der Waals surface area (Å²) in [6.07, 6.45) is 5.18. The van der Waals surface area contributed by atoms with Gasteiger partial charge in [0.05, 0.1) is 26.1 Å². The molecule has 0 amide bonds. The Morgan fingerprint density at radius 2 is 2.33 bits per heavy atom. The van der Waals surface area contributed by atoms with Crippen LogP contribution in [-0.4, -0.2) is 29.7 Å². The lowest BCUT2D eigenvalue weighted by Gasteiger charge is -2.02. The van der Waals surface area contributed by atoms with Crippen LogP contribution in [0.4, 0.5) is 0 Å². The first-order valence-corrected chi connectivity index (χ1v) is 4.42. The molecule has 0 radical (unpaired) electrons. The second-order valence-corrected chi connectivity index (χ2v) is 2.66. The highest BCUT2D eigenvalue weighted by atomic mass is 16.5. The van der Waals surface area contributed by atoms with Crippen molar-refractivity contribution in [1.29, 1.82) is 0 Å². The normalized spacial score (nSPS) is 9.40. The average molecular weight is 208 g/mol. The van der Waals surface area contributed by atoms with Gasteiger partial charge in [-0.1, -0.05) is 6.08 Å². The molecule has 0 atom stereocenters. The predicted octanol–water partition coefficient (Wildman–Crippen LogP) is 1.22. The van der Waals surface area contributed by atoms with E-state index in [0.717, 1.165) is 6.42 Å². The lowest BCUT2D eigenvalue weighted by Crippen LogP contribution is -2.06. The third-order valence-corrected chi connectivity index (χ3v) is 1.59. The number of nitrogens with zero attached hydrogens (tertiary/aromatic N) is 2. The maximum Gasteiger partial charge on any atom is 0.358 e. The summed E-state index contributed by atoms with van der Waals surface area (Å²) >= 11 is 0. The molecule has 0 saturated heterocycles. The first-order valence-electron chi connectivity index (χ1n) is 4.42. The molecular formula is C10H12N2O3. The van der Waals surface area contributed by atoms with E-state index in [-0.39, 0.29) is 5.69 Å². The molecule has 0 bridgehead atoms. The minimum atomic E-state index is -0.514. The van der Waals surface area contributed by atoms with Crippen molar-refractivity contribution in [2.75, 3.05) is 13.7 Å². The lowest BCUT2D eigenvalue weighted by molar-refractivity contribution is 0.0593. The smallest absolute Gasteiger partial charge is 0.358 e. The molecule has 1 heterocycles. The molecule has 5 heteroatoms. The average Bonchev–Trinajstić information content (AvgIpc) is 2.29. The third-order valence-electron chi connectivity index (χ3n) is 1.59. The van der Waals surface area contributed by atoms with Crippen molar-refractivity contribution in [3.8, 4) is 5.88 Å². The van der Waals surface area contributed by atoms with E-state index in [4.69, 9.17) is 4.74 Å². The van der Waals surface area contributed by atoms with Crippen LogP contribution in [0.3, 0.4) is 0 Å². The first kappa shape index (κ1) is 11.2. The highest BCUT2D eigenvalue weighted by molar-refractivity contribution is 5.86.